The molecule has 0 saturated carbocycles. The van der Waals surface area contributed by atoms with Crippen molar-refractivity contribution in [2.75, 3.05) is 10.6 Å². The number of amides is 1. The van der Waals surface area contributed by atoms with Crippen LogP contribution < -0.4 is 10.6 Å². The maximum Gasteiger partial charge on any atom is 0.307 e. The molecule has 0 fully saturated rings. The third kappa shape index (κ3) is 4.72. The summed E-state index contributed by atoms with van der Waals surface area (Å²) in [5.74, 6) is -0.378. The fourth-order valence-electron chi connectivity index (χ4n) is 2.63. The summed E-state index contributed by atoms with van der Waals surface area (Å²) in [6.45, 7) is 3.87. The molecule has 1 aromatic heterocycles. The SMILES string of the molecule is CC(C)(C(=O)Nc1ccc(NCc2ccccc2)c(Cl)c1)n1cc([N+](=O)[O-])cn1. The first-order chi connectivity index (χ1) is 13.8. The quantitative estimate of drug-likeness (QED) is 0.440. The number of benzene rings is 2. The molecule has 0 aliphatic carbocycles. The monoisotopic (exact) mass is 413 g/mol. The van der Waals surface area contributed by atoms with Crippen molar-refractivity contribution in [1.82, 2.24) is 9.78 Å². The molecule has 0 atom stereocenters. The molecule has 3 aromatic rings. The summed E-state index contributed by atoms with van der Waals surface area (Å²) in [6, 6.07) is 15.1. The van der Waals surface area contributed by atoms with Crippen LogP contribution in [0.2, 0.25) is 5.02 Å². The Bertz CT molecular complexity index is 1030. The van der Waals surface area contributed by atoms with Gasteiger partial charge in [0.2, 0.25) is 0 Å². The summed E-state index contributed by atoms with van der Waals surface area (Å²) >= 11 is 6.34. The van der Waals surface area contributed by atoms with Crippen LogP contribution in [-0.2, 0) is 16.9 Å². The molecule has 1 amide bonds. The zero-order valence-corrected chi connectivity index (χ0v) is 16.7. The normalized spacial score (nSPS) is 11.1. The van der Waals surface area contributed by atoms with Gasteiger partial charge in [0.1, 0.15) is 17.9 Å². The highest BCUT2D eigenvalue weighted by molar-refractivity contribution is 6.33. The van der Waals surface area contributed by atoms with Gasteiger partial charge in [-0.05, 0) is 37.6 Å². The Hall–Kier alpha value is -3.39. The van der Waals surface area contributed by atoms with E-state index in [4.69, 9.17) is 11.6 Å². The second-order valence-electron chi connectivity index (χ2n) is 6.95. The van der Waals surface area contributed by atoms with Crippen molar-refractivity contribution >= 4 is 34.6 Å². The minimum atomic E-state index is -1.13. The van der Waals surface area contributed by atoms with E-state index in [0.29, 0.717) is 17.3 Å². The maximum atomic E-state index is 12.7. The standard InChI is InChI=1S/C20H20ClN5O3/c1-20(2,25-13-16(12-23-25)26(28)29)19(27)24-15-8-9-18(17(21)10-15)22-11-14-6-4-3-5-7-14/h3-10,12-13,22H,11H2,1-2H3,(H,24,27). The number of aromatic nitrogens is 2. The highest BCUT2D eigenvalue weighted by Gasteiger charge is 2.32. The number of anilines is 2. The highest BCUT2D eigenvalue weighted by Crippen LogP contribution is 2.27. The van der Waals surface area contributed by atoms with Crippen LogP contribution in [0, 0.1) is 10.1 Å². The molecule has 0 saturated heterocycles. The van der Waals surface area contributed by atoms with E-state index in [9.17, 15) is 14.9 Å². The van der Waals surface area contributed by atoms with Gasteiger partial charge in [-0.25, -0.2) is 0 Å². The zero-order chi connectivity index (χ0) is 21.0. The summed E-state index contributed by atoms with van der Waals surface area (Å²) < 4.78 is 1.26. The van der Waals surface area contributed by atoms with Gasteiger partial charge in [0, 0.05) is 12.2 Å². The van der Waals surface area contributed by atoms with Crippen molar-refractivity contribution in [1.29, 1.82) is 0 Å². The van der Waals surface area contributed by atoms with Crippen molar-refractivity contribution in [2.24, 2.45) is 0 Å². The molecule has 0 bridgehead atoms. The number of rotatable bonds is 7. The van der Waals surface area contributed by atoms with Crippen LogP contribution in [0.25, 0.3) is 0 Å². The van der Waals surface area contributed by atoms with Crippen molar-refractivity contribution in [3.8, 4) is 0 Å². The molecule has 150 valence electrons. The fourth-order valence-corrected chi connectivity index (χ4v) is 2.88. The number of carbonyl (C=O) groups is 1. The van der Waals surface area contributed by atoms with Gasteiger partial charge in [-0.15, -0.1) is 0 Å². The van der Waals surface area contributed by atoms with Crippen LogP contribution in [0.15, 0.2) is 60.9 Å². The molecule has 0 aliphatic heterocycles. The third-order valence-corrected chi connectivity index (χ3v) is 4.77. The van der Waals surface area contributed by atoms with Gasteiger partial charge < -0.3 is 10.6 Å². The van der Waals surface area contributed by atoms with Gasteiger partial charge >= 0.3 is 5.69 Å². The van der Waals surface area contributed by atoms with Crippen LogP contribution in [0.4, 0.5) is 17.1 Å². The number of nitrogens with zero attached hydrogens (tertiary/aromatic N) is 3. The summed E-state index contributed by atoms with van der Waals surface area (Å²) in [7, 11) is 0. The Kier molecular flexibility index (Phi) is 5.84. The van der Waals surface area contributed by atoms with E-state index in [1.165, 1.54) is 10.9 Å². The number of halogens is 1. The van der Waals surface area contributed by atoms with E-state index >= 15 is 0 Å². The minimum absolute atomic E-state index is 0.178. The van der Waals surface area contributed by atoms with E-state index in [2.05, 4.69) is 15.7 Å². The Balaban J connectivity index is 1.68. The summed E-state index contributed by atoms with van der Waals surface area (Å²) in [5.41, 5.74) is 1.07. The van der Waals surface area contributed by atoms with Crippen LogP contribution >= 0.6 is 11.6 Å². The molecule has 0 spiro atoms. The fraction of sp³-hybridized carbons (Fsp3) is 0.200. The molecule has 2 N–H and O–H groups in total. The Morgan fingerprint density at radius 3 is 2.59 bits per heavy atom. The summed E-state index contributed by atoms with van der Waals surface area (Å²) in [4.78, 5) is 23.0. The highest BCUT2D eigenvalue weighted by atomic mass is 35.5. The Morgan fingerprint density at radius 1 is 1.24 bits per heavy atom. The number of nitro groups is 1. The largest absolute Gasteiger partial charge is 0.380 e. The van der Waals surface area contributed by atoms with Crippen molar-refractivity contribution in [2.45, 2.75) is 25.9 Å². The van der Waals surface area contributed by atoms with Crippen molar-refractivity contribution in [3.05, 3.63) is 81.6 Å². The molecule has 9 heteroatoms. The first-order valence-electron chi connectivity index (χ1n) is 8.86. The molecule has 3 rings (SSSR count). The lowest BCUT2D eigenvalue weighted by atomic mass is 10.0. The average Bonchev–Trinajstić information content (AvgIpc) is 3.19. The second kappa shape index (κ2) is 8.32. The average molecular weight is 414 g/mol. The van der Waals surface area contributed by atoms with Gasteiger partial charge in [0.05, 0.1) is 15.6 Å². The summed E-state index contributed by atoms with van der Waals surface area (Å²) in [6.07, 6.45) is 2.34. The Labute approximate surface area is 172 Å². The lowest BCUT2D eigenvalue weighted by molar-refractivity contribution is -0.385. The van der Waals surface area contributed by atoms with E-state index in [1.807, 2.05) is 30.3 Å². The van der Waals surface area contributed by atoms with Crippen LogP contribution in [0.3, 0.4) is 0 Å². The lowest BCUT2D eigenvalue weighted by Crippen LogP contribution is -2.40. The van der Waals surface area contributed by atoms with Crippen LogP contribution in [0.1, 0.15) is 19.4 Å². The smallest absolute Gasteiger partial charge is 0.307 e. The number of carbonyl (C=O) groups excluding carboxylic acids is 1. The van der Waals surface area contributed by atoms with Gasteiger partial charge in [0.25, 0.3) is 5.91 Å². The molecule has 0 unspecified atom stereocenters. The molecule has 0 radical (unpaired) electrons. The predicted molar refractivity (Wildman–Crippen MR) is 112 cm³/mol. The number of hydrogen-bond donors (Lipinski definition) is 2. The summed E-state index contributed by atoms with van der Waals surface area (Å²) in [5, 5.41) is 21.3. The van der Waals surface area contributed by atoms with E-state index in [-0.39, 0.29) is 11.6 Å². The van der Waals surface area contributed by atoms with E-state index < -0.39 is 10.5 Å². The minimum Gasteiger partial charge on any atom is -0.380 e. The second-order valence-corrected chi connectivity index (χ2v) is 7.35. The van der Waals surface area contributed by atoms with Gasteiger partial charge in [-0.1, -0.05) is 41.9 Å². The topological polar surface area (TPSA) is 102 Å². The number of hydrogen-bond acceptors (Lipinski definition) is 5. The number of nitrogens with one attached hydrogen (secondary N) is 2. The third-order valence-electron chi connectivity index (χ3n) is 4.46. The molecule has 2 aromatic carbocycles. The van der Waals surface area contributed by atoms with Crippen LogP contribution in [-0.4, -0.2) is 20.6 Å². The van der Waals surface area contributed by atoms with Crippen LogP contribution in [0.5, 0.6) is 0 Å². The van der Waals surface area contributed by atoms with E-state index in [0.717, 1.165) is 17.4 Å². The first-order valence-corrected chi connectivity index (χ1v) is 9.23. The molecule has 1 heterocycles. The van der Waals surface area contributed by atoms with Gasteiger partial charge in [-0.2, -0.15) is 5.10 Å². The van der Waals surface area contributed by atoms with Gasteiger partial charge in [0.15, 0.2) is 0 Å². The molecule has 0 aliphatic rings. The molecule has 29 heavy (non-hydrogen) atoms. The lowest BCUT2D eigenvalue weighted by Gasteiger charge is -2.24. The zero-order valence-electron chi connectivity index (χ0n) is 15.9. The maximum absolute atomic E-state index is 12.7. The van der Waals surface area contributed by atoms with Gasteiger partial charge in [-0.3, -0.25) is 19.6 Å². The van der Waals surface area contributed by atoms with E-state index in [1.54, 1.807) is 32.0 Å². The molecular formula is C20H20ClN5O3. The predicted octanol–water partition coefficient (Wildman–Crippen LogP) is 4.43. The molecule has 8 nitrogen and oxygen atoms in total. The Morgan fingerprint density at radius 2 is 1.97 bits per heavy atom. The molecular weight excluding hydrogens is 394 g/mol. The van der Waals surface area contributed by atoms with Crippen molar-refractivity contribution < 1.29 is 9.72 Å². The first kappa shape index (κ1) is 20.3. The van der Waals surface area contributed by atoms with Crippen molar-refractivity contribution in [3.63, 3.8) is 0 Å².